The van der Waals surface area contributed by atoms with Crippen molar-refractivity contribution in [2.24, 2.45) is 0 Å². The molecule has 0 amide bonds. The summed E-state index contributed by atoms with van der Waals surface area (Å²) in [6.45, 7) is 1.68. The topological polar surface area (TPSA) is 50.2 Å². The number of nitrogens with zero attached hydrogens (tertiary/aromatic N) is 1. The molecule has 0 atom stereocenters. The number of hydrogen-bond acceptors (Lipinski definition) is 2. The van der Waals surface area contributed by atoms with Crippen molar-refractivity contribution in [1.29, 1.82) is 0 Å². The second-order valence-corrected chi connectivity index (χ2v) is 4.10. The van der Waals surface area contributed by atoms with Gasteiger partial charge in [-0.15, -0.1) is 0 Å². The number of aromatic nitrogens is 1. The average molecular weight is 257 g/mol. The molecule has 1 aromatic heterocycles. The van der Waals surface area contributed by atoms with Gasteiger partial charge in [-0.3, -0.25) is 4.98 Å². The van der Waals surface area contributed by atoms with Crippen LogP contribution < -0.4 is 0 Å². The van der Waals surface area contributed by atoms with Gasteiger partial charge in [-0.1, -0.05) is 6.07 Å². The highest BCUT2D eigenvalue weighted by molar-refractivity contribution is 5.90. The summed E-state index contributed by atoms with van der Waals surface area (Å²) in [5, 5.41) is 8.73. The van der Waals surface area contributed by atoms with Crippen molar-refractivity contribution in [2.75, 3.05) is 0 Å². The van der Waals surface area contributed by atoms with Crippen molar-refractivity contribution >= 4 is 11.5 Å². The first-order chi connectivity index (χ1) is 9.08. The fourth-order valence-electron chi connectivity index (χ4n) is 1.79. The van der Waals surface area contributed by atoms with Crippen LogP contribution in [-0.4, -0.2) is 16.1 Å². The molecule has 0 saturated heterocycles. The first-order valence-electron chi connectivity index (χ1n) is 5.69. The zero-order chi connectivity index (χ0) is 13.8. The Labute approximate surface area is 110 Å². The molecule has 1 N–H and O–H groups in total. The van der Waals surface area contributed by atoms with Crippen LogP contribution in [0.4, 0.5) is 4.39 Å². The summed E-state index contributed by atoms with van der Waals surface area (Å²) in [4.78, 5) is 14.5. The molecule has 0 radical (unpaired) electrons. The van der Waals surface area contributed by atoms with Gasteiger partial charge >= 0.3 is 5.97 Å². The highest BCUT2D eigenvalue weighted by Gasteiger charge is 2.07. The van der Waals surface area contributed by atoms with Crippen molar-refractivity contribution in [3.05, 3.63) is 60.2 Å². The predicted octanol–water partition coefficient (Wildman–Crippen LogP) is 3.38. The number of aliphatic carboxylic acids is 1. The van der Waals surface area contributed by atoms with Crippen molar-refractivity contribution < 1.29 is 14.3 Å². The van der Waals surface area contributed by atoms with Gasteiger partial charge in [-0.05, 0) is 47.9 Å². The quantitative estimate of drug-likeness (QED) is 0.857. The molecule has 0 aliphatic heterocycles. The van der Waals surface area contributed by atoms with E-state index in [1.54, 1.807) is 43.6 Å². The van der Waals surface area contributed by atoms with Crippen LogP contribution in [0, 0.1) is 5.82 Å². The predicted molar refractivity (Wildman–Crippen MR) is 70.9 cm³/mol. The average Bonchev–Trinajstić information content (AvgIpc) is 2.39. The number of benzene rings is 1. The maximum Gasteiger partial charge on any atom is 0.328 e. The molecule has 0 aliphatic carbocycles. The van der Waals surface area contributed by atoms with Crippen molar-refractivity contribution in [1.82, 2.24) is 4.98 Å². The molecule has 1 heterocycles. The Kier molecular flexibility index (Phi) is 3.71. The number of hydrogen-bond donors (Lipinski definition) is 1. The van der Waals surface area contributed by atoms with Gasteiger partial charge in [0.1, 0.15) is 5.82 Å². The molecule has 96 valence electrons. The van der Waals surface area contributed by atoms with Crippen LogP contribution in [0.25, 0.3) is 16.7 Å². The van der Waals surface area contributed by atoms with Crippen LogP contribution >= 0.6 is 0 Å². The molecule has 2 rings (SSSR count). The van der Waals surface area contributed by atoms with Gasteiger partial charge in [0.2, 0.25) is 0 Å². The van der Waals surface area contributed by atoms with E-state index in [2.05, 4.69) is 4.98 Å². The molecule has 1 aromatic carbocycles. The van der Waals surface area contributed by atoms with Crippen molar-refractivity contribution in [3.63, 3.8) is 0 Å². The second kappa shape index (κ2) is 5.44. The fourth-order valence-corrected chi connectivity index (χ4v) is 1.79. The minimum absolute atomic E-state index is 0.349. The number of rotatable bonds is 3. The Morgan fingerprint density at radius 2 is 1.95 bits per heavy atom. The maximum atomic E-state index is 13.8. The van der Waals surface area contributed by atoms with Crippen molar-refractivity contribution in [3.8, 4) is 11.1 Å². The monoisotopic (exact) mass is 257 g/mol. The molecule has 0 fully saturated rings. The Bertz CT molecular complexity index is 636. The molecule has 0 aliphatic rings. The van der Waals surface area contributed by atoms with Gasteiger partial charge in [0.15, 0.2) is 0 Å². The van der Waals surface area contributed by atoms with Crippen LogP contribution in [0.5, 0.6) is 0 Å². The zero-order valence-corrected chi connectivity index (χ0v) is 10.3. The first-order valence-corrected chi connectivity index (χ1v) is 5.69. The van der Waals surface area contributed by atoms with E-state index in [1.165, 1.54) is 6.07 Å². The van der Waals surface area contributed by atoms with E-state index in [0.717, 1.165) is 6.08 Å². The summed E-state index contributed by atoms with van der Waals surface area (Å²) < 4.78 is 13.8. The lowest BCUT2D eigenvalue weighted by molar-refractivity contribution is -0.131. The number of allylic oxidation sites excluding steroid dienone is 1. The minimum atomic E-state index is -1.02. The van der Waals surface area contributed by atoms with E-state index in [4.69, 9.17) is 5.11 Å². The SMILES string of the molecule is C/C(=C\C(=O)O)c1ccc(F)c(-c2ccncc2)c1. The first kappa shape index (κ1) is 13.0. The summed E-state index contributed by atoms with van der Waals surface area (Å²) in [5.74, 6) is -1.37. The van der Waals surface area contributed by atoms with Gasteiger partial charge in [0.25, 0.3) is 0 Å². The molecule has 0 saturated carbocycles. The van der Waals surface area contributed by atoms with Crippen LogP contribution in [0.1, 0.15) is 12.5 Å². The molecular formula is C15H12FNO2. The third kappa shape index (κ3) is 3.04. The van der Waals surface area contributed by atoms with Gasteiger partial charge in [0, 0.05) is 24.0 Å². The Balaban J connectivity index is 2.50. The summed E-state index contributed by atoms with van der Waals surface area (Å²) in [7, 11) is 0. The summed E-state index contributed by atoms with van der Waals surface area (Å²) in [5.41, 5.74) is 2.38. The number of carboxylic acid groups (broad SMARTS) is 1. The van der Waals surface area contributed by atoms with Gasteiger partial charge < -0.3 is 5.11 Å². The highest BCUT2D eigenvalue weighted by Crippen LogP contribution is 2.26. The number of pyridine rings is 1. The Morgan fingerprint density at radius 3 is 2.58 bits per heavy atom. The number of halogens is 1. The lowest BCUT2D eigenvalue weighted by atomic mass is 10.00. The normalized spacial score (nSPS) is 11.4. The Hall–Kier alpha value is -2.49. The van der Waals surface area contributed by atoms with Crippen LogP contribution in [0.15, 0.2) is 48.8 Å². The summed E-state index contributed by atoms with van der Waals surface area (Å²) in [6.07, 6.45) is 4.27. The van der Waals surface area contributed by atoms with Gasteiger partial charge in [-0.2, -0.15) is 0 Å². The van der Waals surface area contributed by atoms with Crippen LogP contribution in [0.3, 0.4) is 0 Å². The summed E-state index contributed by atoms with van der Waals surface area (Å²) >= 11 is 0. The van der Waals surface area contributed by atoms with Crippen LogP contribution in [-0.2, 0) is 4.79 Å². The smallest absolute Gasteiger partial charge is 0.328 e. The Morgan fingerprint density at radius 1 is 1.26 bits per heavy atom. The van der Waals surface area contributed by atoms with E-state index in [1.807, 2.05) is 0 Å². The largest absolute Gasteiger partial charge is 0.478 e. The van der Waals surface area contributed by atoms with E-state index in [9.17, 15) is 9.18 Å². The van der Waals surface area contributed by atoms with Crippen molar-refractivity contribution in [2.45, 2.75) is 6.92 Å². The third-order valence-corrected chi connectivity index (χ3v) is 2.75. The molecule has 0 unspecified atom stereocenters. The van der Waals surface area contributed by atoms with E-state index in [-0.39, 0.29) is 5.82 Å². The lowest BCUT2D eigenvalue weighted by Crippen LogP contribution is -1.92. The summed E-state index contributed by atoms with van der Waals surface area (Å²) in [6, 6.07) is 7.95. The minimum Gasteiger partial charge on any atom is -0.478 e. The molecule has 0 spiro atoms. The standard InChI is InChI=1S/C15H12FNO2/c1-10(8-15(18)19)12-2-3-14(16)13(9-12)11-4-6-17-7-5-11/h2-9H,1H3,(H,18,19)/b10-8+. The third-order valence-electron chi connectivity index (χ3n) is 2.75. The van der Waals surface area contributed by atoms with E-state index in [0.29, 0.717) is 22.3 Å². The maximum absolute atomic E-state index is 13.8. The molecule has 2 aromatic rings. The van der Waals surface area contributed by atoms with E-state index >= 15 is 0 Å². The zero-order valence-electron chi connectivity index (χ0n) is 10.3. The number of carbonyl (C=O) groups is 1. The molecule has 3 nitrogen and oxygen atoms in total. The van der Waals surface area contributed by atoms with Gasteiger partial charge in [-0.25, -0.2) is 9.18 Å². The molecule has 19 heavy (non-hydrogen) atoms. The highest BCUT2D eigenvalue weighted by atomic mass is 19.1. The fraction of sp³-hybridized carbons (Fsp3) is 0.0667. The second-order valence-electron chi connectivity index (χ2n) is 4.10. The number of carboxylic acids is 1. The molecular weight excluding hydrogens is 245 g/mol. The molecule has 0 bridgehead atoms. The lowest BCUT2D eigenvalue weighted by Gasteiger charge is -2.07. The molecule has 4 heteroatoms. The van der Waals surface area contributed by atoms with Crippen LogP contribution in [0.2, 0.25) is 0 Å². The van der Waals surface area contributed by atoms with E-state index < -0.39 is 5.97 Å². The van der Waals surface area contributed by atoms with Gasteiger partial charge in [0.05, 0.1) is 0 Å².